The Labute approximate surface area is 183 Å². The molecule has 0 fully saturated rings. The van der Waals surface area contributed by atoms with E-state index >= 15 is 0 Å². The molecule has 1 aliphatic heterocycles. The van der Waals surface area contributed by atoms with Crippen molar-refractivity contribution in [3.05, 3.63) is 87.9 Å². The van der Waals surface area contributed by atoms with Gasteiger partial charge in [-0.15, -0.1) is 0 Å². The Morgan fingerprint density at radius 2 is 1.77 bits per heavy atom. The van der Waals surface area contributed by atoms with E-state index in [2.05, 4.69) is 10.6 Å². The van der Waals surface area contributed by atoms with Gasteiger partial charge < -0.3 is 15.4 Å². The number of para-hydroxylation sites is 2. The summed E-state index contributed by atoms with van der Waals surface area (Å²) in [5, 5.41) is 6.30. The van der Waals surface area contributed by atoms with Crippen LogP contribution in [0.4, 0.5) is 11.4 Å². The minimum absolute atomic E-state index is 0.177. The normalized spacial score (nSPS) is 13.7. The standard InChI is InChI=1S/C23H16Cl2N2O3/c24-18-10-9-15(12-19(18)25)26-22(28)13-30-21-8-4-1-5-14(21)11-17-16-6-2-3-7-20(16)27-23(17)29/h1-12H,13H2,(H,26,28)(H,27,29)/b17-11-. The third-order valence-corrected chi connectivity index (χ3v) is 5.23. The van der Waals surface area contributed by atoms with Gasteiger partial charge in [0.05, 0.1) is 10.0 Å². The maximum Gasteiger partial charge on any atom is 0.262 e. The molecule has 3 aromatic carbocycles. The third-order valence-electron chi connectivity index (χ3n) is 4.49. The van der Waals surface area contributed by atoms with E-state index in [4.69, 9.17) is 27.9 Å². The SMILES string of the molecule is O=C(COc1ccccc1/C=C1\C(=O)Nc2ccccc21)Nc1ccc(Cl)c(Cl)c1. The Bertz CT molecular complexity index is 1170. The van der Waals surface area contributed by atoms with E-state index in [1.807, 2.05) is 36.4 Å². The van der Waals surface area contributed by atoms with Gasteiger partial charge in [0.25, 0.3) is 11.8 Å². The summed E-state index contributed by atoms with van der Waals surface area (Å²) in [6, 6.07) is 19.5. The van der Waals surface area contributed by atoms with Gasteiger partial charge in [-0.3, -0.25) is 9.59 Å². The van der Waals surface area contributed by atoms with Gasteiger partial charge in [0.2, 0.25) is 0 Å². The fourth-order valence-corrected chi connectivity index (χ4v) is 3.38. The number of hydrogen-bond donors (Lipinski definition) is 2. The first-order chi connectivity index (χ1) is 14.5. The second-order valence-corrected chi connectivity index (χ2v) is 7.38. The first-order valence-corrected chi connectivity index (χ1v) is 9.86. The van der Waals surface area contributed by atoms with Gasteiger partial charge in [0.1, 0.15) is 5.75 Å². The van der Waals surface area contributed by atoms with Crippen molar-refractivity contribution in [3.63, 3.8) is 0 Å². The summed E-state index contributed by atoms with van der Waals surface area (Å²) in [6.45, 7) is -0.205. The maximum absolute atomic E-state index is 12.4. The van der Waals surface area contributed by atoms with Gasteiger partial charge in [0, 0.05) is 28.1 Å². The van der Waals surface area contributed by atoms with Crippen molar-refractivity contribution in [2.75, 3.05) is 17.2 Å². The van der Waals surface area contributed by atoms with Gasteiger partial charge >= 0.3 is 0 Å². The predicted molar refractivity (Wildman–Crippen MR) is 120 cm³/mol. The molecule has 0 saturated heterocycles. The Balaban J connectivity index is 1.49. The van der Waals surface area contributed by atoms with Crippen LogP contribution in [0.1, 0.15) is 11.1 Å². The summed E-state index contributed by atoms with van der Waals surface area (Å²) in [5.41, 5.74) is 3.36. The molecular weight excluding hydrogens is 423 g/mol. The van der Waals surface area contributed by atoms with Gasteiger partial charge in [0.15, 0.2) is 6.61 Å². The Morgan fingerprint density at radius 3 is 2.60 bits per heavy atom. The lowest BCUT2D eigenvalue weighted by molar-refractivity contribution is -0.118. The number of benzene rings is 3. The van der Waals surface area contributed by atoms with Crippen molar-refractivity contribution in [2.24, 2.45) is 0 Å². The monoisotopic (exact) mass is 438 g/mol. The highest BCUT2D eigenvalue weighted by atomic mass is 35.5. The van der Waals surface area contributed by atoms with Crippen LogP contribution in [0.2, 0.25) is 10.0 Å². The molecule has 0 radical (unpaired) electrons. The Morgan fingerprint density at radius 1 is 1.00 bits per heavy atom. The van der Waals surface area contributed by atoms with Crippen LogP contribution in [0.5, 0.6) is 5.75 Å². The van der Waals surface area contributed by atoms with Crippen LogP contribution in [0.15, 0.2) is 66.7 Å². The number of ether oxygens (including phenoxy) is 1. The molecule has 5 nitrogen and oxygen atoms in total. The number of nitrogens with one attached hydrogen (secondary N) is 2. The van der Waals surface area contributed by atoms with Crippen LogP contribution in [0.25, 0.3) is 11.6 Å². The van der Waals surface area contributed by atoms with E-state index in [0.29, 0.717) is 32.6 Å². The van der Waals surface area contributed by atoms with Gasteiger partial charge in [-0.05, 0) is 36.4 Å². The number of amides is 2. The number of anilines is 2. The van der Waals surface area contributed by atoms with Crippen LogP contribution in [0.3, 0.4) is 0 Å². The molecule has 0 atom stereocenters. The van der Waals surface area contributed by atoms with E-state index in [1.165, 1.54) is 0 Å². The van der Waals surface area contributed by atoms with Crippen molar-refractivity contribution in [1.29, 1.82) is 0 Å². The number of halogens is 2. The number of fused-ring (bicyclic) bond motifs is 1. The predicted octanol–water partition coefficient (Wildman–Crippen LogP) is 5.50. The lowest BCUT2D eigenvalue weighted by atomic mass is 10.0. The van der Waals surface area contributed by atoms with Crippen LogP contribution < -0.4 is 15.4 Å². The van der Waals surface area contributed by atoms with Crippen molar-refractivity contribution < 1.29 is 14.3 Å². The van der Waals surface area contributed by atoms with Gasteiger partial charge in [-0.2, -0.15) is 0 Å². The van der Waals surface area contributed by atoms with Crippen LogP contribution in [-0.4, -0.2) is 18.4 Å². The summed E-state index contributed by atoms with van der Waals surface area (Å²) in [5.74, 6) is -0.0327. The zero-order valence-electron chi connectivity index (χ0n) is 15.6. The second-order valence-electron chi connectivity index (χ2n) is 6.56. The summed E-state index contributed by atoms with van der Waals surface area (Å²) in [7, 11) is 0. The van der Waals surface area contributed by atoms with Crippen LogP contribution >= 0.6 is 23.2 Å². The molecule has 0 bridgehead atoms. The molecule has 0 aromatic heterocycles. The molecule has 0 saturated carbocycles. The van der Waals surface area contributed by atoms with Crippen molar-refractivity contribution in [2.45, 2.75) is 0 Å². The third kappa shape index (κ3) is 4.32. The fourth-order valence-electron chi connectivity index (χ4n) is 3.08. The molecule has 4 rings (SSSR count). The number of carbonyl (C=O) groups excluding carboxylic acids is 2. The largest absolute Gasteiger partial charge is 0.483 e. The zero-order chi connectivity index (χ0) is 21.1. The molecule has 7 heteroatoms. The first-order valence-electron chi connectivity index (χ1n) is 9.10. The van der Waals surface area contributed by atoms with Gasteiger partial charge in [-0.25, -0.2) is 0 Å². The first kappa shape index (κ1) is 20.0. The topological polar surface area (TPSA) is 67.4 Å². The summed E-state index contributed by atoms with van der Waals surface area (Å²) < 4.78 is 5.71. The molecule has 1 aliphatic rings. The molecule has 2 N–H and O–H groups in total. The Kier molecular flexibility index (Phi) is 5.74. The quantitative estimate of drug-likeness (QED) is 0.516. The second kappa shape index (κ2) is 8.61. The van der Waals surface area contributed by atoms with Crippen molar-refractivity contribution in [3.8, 4) is 5.75 Å². The summed E-state index contributed by atoms with van der Waals surface area (Å²) >= 11 is 11.9. The molecule has 2 amide bonds. The number of rotatable bonds is 5. The molecule has 0 aliphatic carbocycles. The Hall–Kier alpha value is -3.28. The highest BCUT2D eigenvalue weighted by Crippen LogP contribution is 2.34. The molecule has 1 heterocycles. The average molecular weight is 439 g/mol. The fraction of sp³-hybridized carbons (Fsp3) is 0.0435. The summed E-state index contributed by atoms with van der Waals surface area (Å²) in [6.07, 6.45) is 1.76. The van der Waals surface area contributed by atoms with Crippen molar-refractivity contribution in [1.82, 2.24) is 0 Å². The smallest absolute Gasteiger partial charge is 0.262 e. The highest BCUT2D eigenvalue weighted by molar-refractivity contribution is 6.42. The van der Waals surface area contributed by atoms with E-state index < -0.39 is 0 Å². The lowest BCUT2D eigenvalue weighted by Crippen LogP contribution is -2.20. The molecule has 0 unspecified atom stereocenters. The minimum atomic E-state index is -0.347. The van der Waals surface area contributed by atoms with Crippen LogP contribution in [0, 0.1) is 0 Å². The number of carbonyl (C=O) groups is 2. The molecule has 30 heavy (non-hydrogen) atoms. The molecule has 0 spiro atoms. The van der Waals surface area contributed by atoms with E-state index in [-0.39, 0.29) is 18.4 Å². The molecular formula is C23H16Cl2N2O3. The van der Waals surface area contributed by atoms with E-state index in [1.54, 1.807) is 36.4 Å². The average Bonchev–Trinajstić information content (AvgIpc) is 3.05. The minimum Gasteiger partial charge on any atom is -0.483 e. The van der Waals surface area contributed by atoms with Crippen molar-refractivity contribution >= 4 is 58.0 Å². The lowest BCUT2D eigenvalue weighted by Gasteiger charge is -2.10. The van der Waals surface area contributed by atoms with Gasteiger partial charge in [-0.1, -0.05) is 59.6 Å². The number of hydrogen-bond acceptors (Lipinski definition) is 3. The highest BCUT2D eigenvalue weighted by Gasteiger charge is 2.23. The summed E-state index contributed by atoms with van der Waals surface area (Å²) in [4.78, 5) is 24.6. The van der Waals surface area contributed by atoms with Crippen LogP contribution in [-0.2, 0) is 9.59 Å². The zero-order valence-corrected chi connectivity index (χ0v) is 17.1. The molecule has 3 aromatic rings. The van der Waals surface area contributed by atoms with E-state index in [0.717, 1.165) is 11.3 Å². The maximum atomic E-state index is 12.4. The molecule has 150 valence electrons. The van der Waals surface area contributed by atoms with E-state index in [9.17, 15) is 9.59 Å².